The molecule has 0 aliphatic carbocycles. The van der Waals surface area contributed by atoms with Crippen LogP contribution in [-0.2, 0) is 28.8 Å². The maximum absolute atomic E-state index is 13.0. The molecule has 0 rings (SSSR count). The summed E-state index contributed by atoms with van der Waals surface area (Å²) in [6, 6.07) is -4.67. The summed E-state index contributed by atoms with van der Waals surface area (Å²) in [6.45, 7) is 4.17. The van der Waals surface area contributed by atoms with Crippen LogP contribution in [0.3, 0.4) is 0 Å². The molecule has 36 heavy (non-hydrogen) atoms. The molecule has 206 valence electrons. The SMILES string of the molecule is CC(C)CC(N)C(=O)NC(CCCCN)C(=O)NC(CCC(N)=O)C(=O)NC(CCC(N)=O)C(=O)O. The summed E-state index contributed by atoms with van der Waals surface area (Å²) in [5, 5.41) is 16.6. The molecule has 0 aromatic carbocycles. The van der Waals surface area contributed by atoms with Gasteiger partial charge in [-0.15, -0.1) is 0 Å². The van der Waals surface area contributed by atoms with Crippen molar-refractivity contribution in [3.8, 4) is 0 Å². The van der Waals surface area contributed by atoms with Gasteiger partial charge in [-0.25, -0.2) is 4.79 Å². The van der Waals surface area contributed by atoms with Crippen molar-refractivity contribution in [2.75, 3.05) is 6.54 Å². The second-order valence-electron chi connectivity index (χ2n) is 9.05. The van der Waals surface area contributed by atoms with Crippen molar-refractivity contribution in [2.45, 2.75) is 89.4 Å². The van der Waals surface area contributed by atoms with E-state index >= 15 is 0 Å². The average molecular weight is 516 g/mol. The van der Waals surface area contributed by atoms with Gasteiger partial charge >= 0.3 is 5.97 Å². The lowest BCUT2D eigenvalue weighted by Gasteiger charge is -2.25. The summed E-state index contributed by atoms with van der Waals surface area (Å²) in [4.78, 5) is 72.1. The first kappa shape index (κ1) is 32.7. The Morgan fingerprint density at radius 2 is 1.17 bits per heavy atom. The quantitative estimate of drug-likeness (QED) is 0.0848. The third-order valence-electron chi connectivity index (χ3n) is 5.25. The van der Waals surface area contributed by atoms with Crippen molar-refractivity contribution in [1.82, 2.24) is 16.0 Å². The van der Waals surface area contributed by atoms with E-state index in [0.717, 1.165) is 0 Å². The number of carboxylic acids is 1. The minimum Gasteiger partial charge on any atom is -0.480 e. The lowest BCUT2D eigenvalue weighted by atomic mass is 10.0. The lowest BCUT2D eigenvalue weighted by molar-refractivity contribution is -0.142. The van der Waals surface area contributed by atoms with Crippen molar-refractivity contribution in [2.24, 2.45) is 28.9 Å². The van der Waals surface area contributed by atoms with Crippen LogP contribution in [0.1, 0.15) is 65.2 Å². The molecule has 5 amide bonds. The van der Waals surface area contributed by atoms with E-state index in [1.165, 1.54) is 0 Å². The number of hydrogen-bond acceptors (Lipinski definition) is 8. The van der Waals surface area contributed by atoms with Crippen molar-refractivity contribution >= 4 is 35.5 Å². The molecule has 12 N–H and O–H groups in total. The van der Waals surface area contributed by atoms with Gasteiger partial charge in [-0.3, -0.25) is 24.0 Å². The fraction of sp³-hybridized carbons (Fsp3) is 0.727. The van der Waals surface area contributed by atoms with Gasteiger partial charge in [0.05, 0.1) is 6.04 Å². The van der Waals surface area contributed by atoms with Crippen LogP contribution in [0.5, 0.6) is 0 Å². The van der Waals surface area contributed by atoms with Gasteiger partial charge in [0.15, 0.2) is 0 Å². The summed E-state index contributed by atoms with van der Waals surface area (Å²) in [7, 11) is 0. The number of aliphatic carboxylic acids is 1. The molecule has 0 heterocycles. The van der Waals surface area contributed by atoms with E-state index < -0.39 is 59.7 Å². The Morgan fingerprint density at radius 3 is 1.61 bits per heavy atom. The molecule has 14 heteroatoms. The van der Waals surface area contributed by atoms with Gasteiger partial charge in [0.25, 0.3) is 0 Å². The third kappa shape index (κ3) is 14.2. The van der Waals surface area contributed by atoms with E-state index in [2.05, 4.69) is 16.0 Å². The molecule has 14 nitrogen and oxygen atoms in total. The second-order valence-corrected chi connectivity index (χ2v) is 9.05. The van der Waals surface area contributed by atoms with E-state index in [1.54, 1.807) is 0 Å². The predicted molar refractivity (Wildman–Crippen MR) is 131 cm³/mol. The molecule has 0 aliphatic heterocycles. The van der Waals surface area contributed by atoms with Crippen LogP contribution < -0.4 is 38.9 Å². The van der Waals surface area contributed by atoms with Crippen molar-refractivity contribution in [3.05, 3.63) is 0 Å². The molecule has 4 unspecified atom stereocenters. The first-order valence-electron chi connectivity index (χ1n) is 11.9. The van der Waals surface area contributed by atoms with Crippen molar-refractivity contribution in [3.63, 3.8) is 0 Å². The van der Waals surface area contributed by atoms with Crippen molar-refractivity contribution < 1.29 is 33.9 Å². The Morgan fingerprint density at radius 1 is 0.722 bits per heavy atom. The van der Waals surface area contributed by atoms with E-state index in [4.69, 9.17) is 22.9 Å². The first-order valence-corrected chi connectivity index (χ1v) is 11.9. The highest BCUT2D eigenvalue weighted by molar-refractivity contribution is 5.94. The molecule has 0 spiro atoms. The highest BCUT2D eigenvalue weighted by Gasteiger charge is 2.30. The Hall–Kier alpha value is -3.26. The standard InChI is InChI=1S/C22H41N7O7/c1-12(2)11-13(24)19(32)27-14(5-3-4-10-23)20(33)28-15(6-8-17(25)30)21(34)29-16(22(35)36)7-9-18(26)31/h12-16H,3-11,23-24H2,1-2H3,(H2,25,30)(H2,26,31)(H,27,32)(H,28,33)(H,29,34)(H,35,36). The van der Waals surface area contributed by atoms with Gasteiger partial charge in [-0.1, -0.05) is 13.8 Å². The molecule has 0 aromatic rings. The maximum Gasteiger partial charge on any atom is 0.326 e. The van der Waals surface area contributed by atoms with Crippen LogP contribution in [0.4, 0.5) is 0 Å². The third-order valence-corrected chi connectivity index (χ3v) is 5.25. The van der Waals surface area contributed by atoms with Crippen LogP contribution >= 0.6 is 0 Å². The van der Waals surface area contributed by atoms with Crippen LogP contribution in [0.25, 0.3) is 0 Å². The number of hydrogen-bond donors (Lipinski definition) is 8. The van der Waals surface area contributed by atoms with Crippen LogP contribution in [0.2, 0.25) is 0 Å². The minimum absolute atomic E-state index is 0.147. The smallest absolute Gasteiger partial charge is 0.326 e. The highest BCUT2D eigenvalue weighted by Crippen LogP contribution is 2.08. The predicted octanol–water partition coefficient (Wildman–Crippen LogP) is -2.44. The molecule has 0 saturated carbocycles. The van der Waals surface area contributed by atoms with Gasteiger partial charge in [-0.05, 0) is 51.0 Å². The zero-order chi connectivity index (χ0) is 27.8. The van der Waals surface area contributed by atoms with E-state index in [9.17, 15) is 33.9 Å². The fourth-order valence-electron chi connectivity index (χ4n) is 3.30. The number of nitrogens with two attached hydrogens (primary N) is 4. The number of nitrogens with one attached hydrogen (secondary N) is 3. The summed E-state index contributed by atoms with van der Waals surface area (Å²) >= 11 is 0. The zero-order valence-corrected chi connectivity index (χ0v) is 21.0. The normalized spacial score (nSPS) is 14.2. The van der Waals surface area contributed by atoms with Gasteiger partial charge in [-0.2, -0.15) is 0 Å². The van der Waals surface area contributed by atoms with Crippen LogP contribution in [0, 0.1) is 5.92 Å². The molecule has 0 fully saturated rings. The highest BCUT2D eigenvalue weighted by atomic mass is 16.4. The summed E-state index contributed by atoms with van der Waals surface area (Å²) in [5.74, 6) is -4.90. The molecular weight excluding hydrogens is 474 g/mol. The molecule has 0 aromatic heterocycles. The monoisotopic (exact) mass is 515 g/mol. The van der Waals surface area contributed by atoms with Gasteiger partial charge in [0.2, 0.25) is 29.5 Å². The van der Waals surface area contributed by atoms with Gasteiger partial charge in [0, 0.05) is 12.8 Å². The minimum atomic E-state index is -1.45. The lowest BCUT2D eigenvalue weighted by Crippen LogP contribution is -2.57. The summed E-state index contributed by atoms with van der Waals surface area (Å²) in [6.07, 6.45) is 0.647. The maximum atomic E-state index is 13.0. The van der Waals surface area contributed by atoms with Gasteiger partial charge in [0.1, 0.15) is 18.1 Å². The Labute approximate surface area is 210 Å². The Bertz CT molecular complexity index is 776. The average Bonchev–Trinajstić information content (AvgIpc) is 2.77. The Kier molecular flexibility index (Phi) is 15.7. The fourth-order valence-corrected chi connectivity index (χ4v) is 3.30. The molecule has 0 aliphatic rings. The summed E-state index contributed by atoms with van der Waals surface area (Å²) < 4.78 is 0. The van der Waals surface area contributed by atoms with Gasteiger partial charge < -0.3 is 44.0 Å². The van der Waals surface area contributed by atoms with E-state index in [-0.39, 0.29) is 38.0 Å². The van der Waals surface area contributed by atoms with Crippen LogP contribution in [0.15, 0.2) is 0 Å². The number of primary amides is 2. The number of amides is 5. The number of carbonyl (C=O) groups is 6. The zero-order valence-electron chi connectivity index (χ0n) is 21.0. The number of carbonyl (C=O) groups excluding carboxylic acids is 5. The van der Waals surface area contributed by atoms with E-state index in [1.807, 2.05) is 13.8 Å². The topological polar surface area (TPSA) is 263 Å². The molecule has 0 saturated heterocycles. The van der Waals surface area contributed by atoms with Crippen LogP contribution in [-0.4, -0.2) is 71.3 Å². The molecule has 4 atom stereocenters. The number of unbranched alkanes of at least 4 members (excludes halogenated alkanes) is 1. The molecular formula is C22H41N7O7. The number of rotatable bonds is 19. The number of carboxylic acid groups (broad SMARTS) is 1. The largest absolute Gasteiger partial charge is 0.480 e. The van der Waals surface area contributed by atoms with Crippen molar-refractivity contribution in [1.29, 1.82) is 0 Å². The Balaban J connectivity index is 5.59. The van der Waals surface area contributed by atoms with E-state index in [0.29, 0.717) is 25.8 Å². The second kappa shape index (κ2) is 17.2. The first-order chi connectivity index (χ1) is 16.8. The molecule has 0 radical (unpaired) electrons. The summed E-state index contributed by atoms with van der Waals surface area (Å²) in [5.41, 5.74) is 21.6. The molecule has 0 bridgehead atoms.